The minimum atomic E-state index is -0.101. The summed E-state index contributed by atoms with van der Waals surface area (Å²) in [4.78, 5) is 13.3. The van der Waals surface area contributed by atoms with Crippen molar-refractivity contribution in [1.82, 2.24) is 9.13 Å². The Morgan fingerprint density at radius 3 is 1.96 bits per heavy atom. The minimum Gasteiger partial charge on any atom is -0.267 e. The van der Waals surface area contributed by atoms with Crippen LogP contribution in [0.15, 0.2) is 92.7 Å². The summed E-state index contributed by atoms with van der Waals surface area (Å²) in [6, 6.07) is 23.7. The van der Waals surface area contributed by atoms with Gasteiger partial charge in [0.15, 0.2) is 0 Å². The molecule has 0 saturated carbocycles. The SMILES string of the molecule is Cc1cccc(-c2cn(-c3ccc(Br)cc3)c(=O)n2-c2ccc(Br)cc2)c1. The van der Waals surface area contributed by atoms with E-state index in [9.17, 15) is 4.79 Å². The molecule has 1 heterocycles. The number of hydrogen-bond acceptors (Lipinski definition) is 1. The second-order valence-corrected chi connectivity index (χ2v) is 8.16. The van der Waals surface area contributed by atoms with Gasteiger partial charge in [-0.2, -0.15) is 0 Å². The molecule has 134 valence electrons. The van der Waals surface area contributed by atoms with Crippen molar-refractivity contribution in [1.29, 1.82) is 0 Å². The molecule has 0 amide bonds. The lowest BCUT2D eigenvalue weighted by molar-refractivity contribution is 0.911. The third kappa shape index (κ3) is 3.57. The second kappa shape index (κ2) is 7.33. The first-order valence-electron chi connectivity index (χ1n) is 8.46. The Bertz CT molecular complexity index is 1160. The number of aromatic nitrogens is 2. The summed E-state index contributed by atoms with van der Waals surface area (Å²) < 4.78 is 5.39. The molecule has 1 aromatic heterocycles. The van der Waals surface area contributed by atoms with E-state index in [0.717, 1.165) is 37.1 Å². The van der Waals surface area contributed by atoms with Crippen LogP contribution in [0.2, 0.25) is 0 Å². The van der Waals surface area contributed by atoms with E-state index in [-0.39, 0.29) is 5.69 Å². The molecule has 0 aliphatic rings. The van der Waals surface area contributed by atoms with Crippen LogP contribution in [0.3, 0.4) is 0 Å². The van der Waals surface area contributed by atoms with E-state index in [0.29, 0.717) is 0 Å². The van der Waals surface area contributed by atoms with Gasteiger partial charge in [0.1, 0.15) is 0 Å². The highest BCUT2D eigenvalue weighted by atomic mass is 79.9. The van der Waals surface area contributed by atoms with Crippen LogP contribution in [-0.4, -0.2) is 9.13 Å². The van der Waals surface area contributed by atoms with Crippen molar-refractivity contribution in [3.05, 3.63) is 104 Å². The summed E-state index contributed by atoms with van der Waals surface area (Å²) in [5.74, 6) is 0. The molecular weight excluding hydrogens is 468 g/mol. The van der Waals surface area contributed by atoms with Crippen molar-refractivity contribution in [2.45, 2.75) is 6.92 Å². The largest absolute Gasteiger partial charge is 0.337 e. The van der Waals surface area contributed by atoms with Gasteiger partial charge in [-0.25, -0.2) is 4.79 Å². The summed E-state index contributed by atoms with van der Waals surface area (Å²) in [5, 5.41) is 0. The van der Waals surface area contributed by atoms with Crippen LogP contribution in [0.1, 0.15) is 5.56 Å². The first-order valence-corrected chi connectivity index (χ1v) is 10.0. The monoisotopic (exact) mass is 482 g/mol. The molecule has 5 heteroatoms. The fraction of sp³-hybridized carbons (Fsp3) is 0.0455. The summed E-state index contributed by atoms with van der Waals surface area (Å²) in [6.45, 7) is 2.05. The van der Waals surface area contributed by atoms with Crippen LogP contribution in [0.4, 0.5) is 0 Å². The molecule has 3 nitrogen and oxygen atoms in total. The Labute approximate surface area is 174 Å². The lowest BCUT2D eigenvalue weighted by Gasteiger charge is -2.08. The average molecular weight is 484 g/mol. The highest BCUT2D eigenvalue weighted by Crippen LogP contribution is 2.25. The number of nitrogens with zero attached hydrogens (tertiary/aromatic N) is 2. The van der Waals surface area contributed by atoms with Crippen LogP contribution in [0.25, 0.3) is 22.6 Å². The summed E-state index contributed by atoms with van der Waals surface area (Å²) in [5.41, 5.74) is 4.57. The number of hydrogen-bond donors (Lipinski definition) is 0. The number of imidazole rings is 1. The van der Waals surface area contributed by atoms with E-state index >= 15 is 0 Å². The Hall–Kier alpha value is -2.37. The molecule has 0 saturated heterocycles. The predicted molar refractivity (Wildman–Crippen MR) is 117 cm³/mol. The highest BCUT2D eigenvalue weighted by molar-refractivity contribution is 9.10. The summed E-state index contributed by atoms with van der Waals surface area (Å²) in [7, 11) is 0. The molecule has 0 aliphatic carbocycles. The van der Waals surface area contributed by atoms with Crippen molar-refractivity contribution < 1.29 is 0 Å². The van der Waals surface area contributed by atoms with Gasteiger partial charge < -0.3 is 0 Å². The lowest BCUT2D eigenvalue weighted by atomic mass is 10.1. The number of benzene rings is 3. The molecule has 0 spiro atoms. The molecule has 0 bridgehead atoms. The summed E-state index contributed by atoms with van der Waals surface area (Å²) >= 11 is 6.91. The zero-order valence-corrected chi connectivity index (χ0v) is 17.7. The molecule has 0 aliphatic heterocycles. The molecular formula is C22H16Br2N2O. The van der Waals surface area contributed by atoms with Gasteiger partial charge in [0, 0.05) is 20.7 Å². The third-order valence-electron chi connectivity index (χ3n) is 4.39. The van der Waals surface area contributed by atoms with Gasteiger partial charge >= 0.3 is 5.69 Å². The van der Waals surface area contributed by atoms with Gasteiger partial charge in [0.05, 0.1) is 17.1 Å². The Morgan fingerprint density at radius 1 is 0.778 bits per heavy atom. The van der Waals surface area contributed by atoms with Crippen molar-refractivity contribution in [3.63, 3.8) is 0 Å². The van der Waals surface area contributed by atoms with Crippen LogP contribution < -0.4 is 5.69 Å². The fourth-order valence-corrected chi connectivity index (χ4v) is 3.61. The standard InChI is InChI=1S/C22H16Br2N2O/c1-15-3-2-4-16(13-15)21-14-25(19-9-5-17(23)6-10-19)22(27)26(21)20-11-7-18(24)8-12-20/h2-14H,1H3. The van der Waals surface area contributed by atoms with Crippen molar-refractivity contribution in [2.75, 3.05) is 0 Å². The van der Waals surface area contributed by atoms with Crippen LogP contribution >= 0.6 is 31.9 Å². The first-order chi connectivity index (χ1) is 13.0. The van der Waals surface area contributed by atoms with Crippen molar-refractivity contribution >= 4 is 31.9 Å². The van der Waals surface area contributed by atoms with E-state index in [1.165, 1.54) is 0 Å². The smallest absolute Gasteiger partial charge is 0.267 e. The number of halogens is 2. The maximum Gasteiger partial charge on any atom is 0.337 e. The van der Waals surface area contributed by atoms with E-state index in [1.807, 2.05) is 66.9 Å². The minimum absolute atomic E-state index is 0.101. The highest BCUT2D eigenvalue weighted by Gasteiger charge is 2.16. The van der Waals surface area contributed by atoms with E-state index in [2.05, 4.69) is 50.9 Å². The Kier molecular flexibility index (Phi) is 4.89. The molecule has 3 aromatic carbocycles. The normalized spacial score (nSPS) is 10.9. The molecule has 0 atom stereocenters. The molecule has 0 fully saturated rings. The molecule has 0 radical (unpaired) electrons. The molecule has 27 heavy (non-hydrogen) atoms. The van der Waals surface area contributed by atoms with Crippen molar-refractivity contribution in [3.8, 4) is 22.6 Å². The fourth-order valence-electron chi connectivity index (χ4n) is 3.08. The van der Waals surface area contributed by atoms with E-state index in [1.54, 1.807) is 9.13 Å². The summed E-state index contributed by atoms with van der Waals surface area (Å²) in [6.07, 6.45) is 1.91. The third-order valence-corrected chi connectivity index (χ3v) is 5.45. The number of aryl methyl sites for hydroxylation is 1. The van der Waals surface area contributed by atoms with Gasteiger partial charge in [0.2, 0.25) is 0 Å². The second-order valence-electron chi connectivity index (χ2n) is 6.32. The molecule has 4 aromatic rings. The van der Waals surface area contributed by atoms with Gasteiger partial charge in [0.25, 0.3) is 0 Å². The Balaban J connectivity index is 1.98. The first kappa shape index (κ1) is 18.0. The van der Waals surface area contributed by atoms with Gasteiger partial charge in [-0.1, -0.05) is 55.6 Å². The molecule has 0 N–H and O–H groups in total. The van der Waals surface area contributed by atoms with Gasteiger partial charge in [-0.15, -0.1) is 0 Å². The lowest BCUT2D eigenvalue weighted by Crippen LogP contribution is -2.22. The maximum atomic E-state index is 13.3. The quantitative estimate of drug-likeness (QED) is 0.344. The average Bonchev–Trinajstić information content (AvgIpc) is 3.00. The molecule has 0 unspecified atom stereocenters. The molecule has 4 rings (SSSR count). The Morgan fingerprint density at radius 2 is 1.37 bits per heavy atom. The van der Waals surface area contributed by atoms with Crippen LogP contribution in [0, 0.1) is 6.92 Å². The maximum absolute atomic E-state index is 13.3. The number of rotatable bonds is 3. The zero-order chi connectivity index (χ0) is 19.0. The van der Waals surface area contributed by atoms with Crippen LogP contribution in [0.5, 0.6) is 0 Å². The van der Waals surface area contributed by atoms with E-state index < -0.39 is 0 Å². The zero-order valence-electron chi connectivity index (χ0n) is 14.6. The van der Waals surface area contributed by atoms with Crippen molar-refractivity contribution in [2.24, 2.45) is 0 Å². The topological polar surface area (TPSA) is 26.9 Å². The predicted octanol–water partition coefficient (Wildman–Crippen LogP) is 6.13. The van der Waals surface area contributed by atoms with Crippen LogP contribution in [-0.2, 0) is 0 Å². The van der Waals surface area contributed by atoms with Gasteiger partial charge in [-0.05, 0) is 61.5 Å². The van der Waals surface area contributed by atoms with E-state index in [4.69, 9.17) is 0 Å². The van der Waals surface area contributed by atoms with Gasteiger partial charge in [-0.3, -0.25) is 9.13 Å².